The maximum absolute atomic E-state index is 12.9. The molecule has 3 N–H and O–H groups in total. The van der Waals surface area contributed by atoms with Crippen LogP contribution in [0.5, 0.6) is 11.5 Å². The molecule has 0 bridgehead atoms. The van der Waals surface area contributed by atoms with Gasteiger partial charge >= 0.3 is 6.09 Å². The molecule has 0 radical (unpaired) electrons. The monoisotopic (exact) mass is 735 g/mol. The lowest BCUT2D eigenvalue weighted by Crippen LogP contribution is -2.42. The molecule has 0 unspecified atom stereocenters. The minimum Gasteiger partial charge on any atom is -0.496 e. The first-order valence-corrected chi connectivity index (χ1v) is 19.0. The Balaban J connectivity index is 1.23. The van der Waals surface area contributed by atoms with Crippen LogP contribution in [-0.4, -0.2) is 60.5 Å². The average molecular weight is 736 g/mol. The fourth-order valence-corrected chi connectivity index (χ4v) is 7.82. The van der Waals surface area contributed by atoms with E-state index in [1.54, 1.807) is 39.2 Å². The lowest BCUT2D eigenvalue weighted by Gasteiger charge is -2.22. The largest absolute Gasteiger partial charge is 0.496 e. The van der Waals surface area contributed by atoms with E-state index in [2.05, 4.69) is 58.0 Å². The van der Waals surface area contributed by atoms with Crippen molar-refractivity contribution in [2.24, 2.45) is 0 Å². The molecule has 4 aromatic carbocycles. The number of methoxy groups -OCH3 is 1. The molecular formula is C43H49N3O6S. The number of rotatable bonds is 14. The molecular weight excluding hydrogens is 687 g/mol. The molecule has 1 saturated heterocycles. The predicted molar refractivity (Wildman–Crippen MR) is 212 cm³/mol. The van der Waals surface area contributed by atoms with E-state index < -0.39 is 24.3 Å². The molecule has 278 valence electrons. The fourth-order valence-electron chi connectivity index (χ4n) is 6.56. The Morgan fingerprint density at radius 2 is 1.68 bits per heavy atom. The zero-order valence-corrected chi connectivity index (χ0v) is 31.8. The summed E-state index contributed by atoms with van der Waals surface area (Å²) >= 11 is 1.72. The Bertz CT molecular complexity index is 2000. The first kappa shape index (κ1) is 37.8. The van der Waals surface area contributed by atoms with E-state index in [0.717, 1.165) is 51.8 Å². The number of hydrogen-bond acceptors (Lipinski definition) is 8. The number of aliphatic hydroxyl groups is 1. The number of carbonyl (C=O) groups excluding carboxylic acids is 2. The first-order chi connectivity index (χ1) is 25.6. The number of aliphatic hydroxyl groups excluding tert-OH is 1. The maximum Gasteiger partial charge on any atom is 0.407 e. The van der Waals surface area contributed by atoms with Gasteiger partial charge in [0.2, 0.25) is 5.91 Å². The molecule has 2 heterocycles. The van der Waals surface area contributed by atoms with Gasteiger partial charge < -0.3 is 30.0 Å². The standard InChI is InChI=1S/C43H49N3O6S/c1-43(2,3)52-42(49)45-34(27-47)24-40(48)44-33-16-14-31(15-17-33)41-37(22-30-12-13-32(38(23-30)50-4)26-46-20-8-9-21-46)36-19-18-35(25-39(36)53-41)51-28-29-10-6-5-7-11-29/h5-7,10-19,23,25,34,47H,8-9,20-22,24,26-28H2,1-4H3,(H,44,48)(H,45,49)/t34-/m1/s1. The van der Waals surface area contributed by atoms with Crippen molar-refractivity contribution in [3.63, 3.8) is 0 Å². The van der Waals surface area contributed by atoms with Crippen molar-refractivity contribution in [2.75, 3.05) is 32.1 Å². The number of nitrogens with zero attached hydrogens (tertiary/aromatic N) is 1. The number of carbonyl (C=O) groups is 2. The normalized spacial score (nSPS) is 13.8. The van der Waals surface area contributed by atoms with Gasteiger partial charge in [0.05, 0.1) is 19.8 Å². The van der Waals surface area contributed by atoms with Crippen LogP contribution in [0, 0.1) is 0 Å². The summed E-state index contributed by atoms with van der Waals surface area (Å²) < 4.78 is 18.5. The lowest BCUT2D eigenvalue weighted by molar-refractivity contribution is -0.116. The van der Waals surface area contributed by atoms with Crippen LogP contribution in [0.3, 0.4) is 0 Å². The van der Waals surface area contributed by atoms with Crippen LogP contribution >= 0.6 is 11.3 Å². The average Bonchev–Trinajstić information content (AvgIpc) is 3.78. The highest BCUT2D eigenvalue weighted by atomic mass is 32.1. The Morgan fingerprint density at radius 1 is 0.925 bits per heavy atom. The lowest BCUT2D eigenvalue weighted by atomic mass is 9.97. The topological polar surface area (TPSA) is 109 Å². The number of fused-ring (bicyclic) bond motifs is 1. The van der Waals surface area contributed by atoms with E-state index in [-0.39, 0.29) is 12.3 Å². The van der Waals surface area contributed by atoms with Gasteiger partial charge in [-0.05, 0) is 117 Å². The van der Waals surface area contributed by atoms with Crippen molar-refractivity contribution < 1.29 is 28.9 Å². The number of thiophene rings is 1. The van der Waals surface area contributed by atoms with Gasteiger partial charge in [-0.3, -0.25) is 9.69 Å². The van der Waals surface area contributed by atoms with E-state index in [0.29, 0.717) is 18.7 Å². The van der Waals surface area contributed by atoms with E-state index in [1.807, 2.05) is 48.5 Å². The van der Waals surface area contributed by atoms with Crippen molar-refractivity contribution in [1.29, 1.82) is 0 Å². The SMILES string of the molecule is COc1cc(Cc2c(-c3ccc(NC(=O)C[C@H](CO)NC(=O)OC(C)(C)C)cc3)sc3cc(OCc4ccccc4)ccc23)ccc1CN1CCCC1. The number of benzene rings is 4. The van der Waals surface area contributed by atoms with Gasteiger partial charge in [0.15, 0.2) is 0 Å². The highest BCUT2D eigenvalue weighted by Crippen LogP contribution is 2.42. The highest BCUT2D eigenvalue weighted by Gasteiger charge is 2.22. The van der Waals surface area contributed by atoms with Crippen LogP contribution in [0.1, 0.15) is 62.3 Å². The fraction of sp³-hybridized carbons (Fsp3) is 0.349. The van der Waals surface area contributed by atoms with Gasteiger partial charge in [-0.1, -0.05) is 54.6 Å². The molecule has 2 amide bonds. The minimum atomic E-state index is -0.778. The zero-order chi connectivity index (χ0) is 37.4. The van der Waals surface area contributed by atoms with Crippen molar-refractivity contribution in [2.45, 2.75) is 71.2 Å². The smallest absolute Gasteiger partial charge is 0.407 e. The summed E-state index contributed by atoms with van der Waals surface area (Å²) in [4.78, 5) is 28.7. The van der Waals surface area contributed by atoms with Gasteiger partial charge in [-0.25, -0.2) is 4.79 Å². The molecule has 0 saturated carbocycles. The van der Waals surface area contributed by atoms with E-state index in [1.165, 1.54) is 34.9 Å². The number of alkyl carbamates (subject to hydrolysis) is 1. The molecule has 53 heavy (non-hydrogen) atoms. The highest BCUT2D eigenvalue weighted by molar-refractivity contribution is 7.22. The zero-order valence-electron chi connectivity index (χ0n) is 30.9. The summed E-state index contributed by atoms with van der Waals surface area (Å²) in [7, 11) is 1.75. The van der Waals surface area contributed by atoms with Crippen LogP contribution in [0.2, 0.25) is 0 Å². The number of nitrogens with one attached hydrogen (secondary N) is 2. The second-order valence-electron chi connectivity index (χ2n) is 14.5. The van der Waals surface area contributed by atoms with Crippen molar-refractivity contribution in [3.8, 4) is 21.9 Å². The van der Waals surface area contributed by atoms with Crippen molar-refractivity contribution in [1.82, 2.24) is 10.2 Å². The summed E-state index contributed by atoms with van der Waals surface area (Å²) in [6, 6.07) is 30.1. The van der Waals surface area contributed by atoms with Crippen molar-refractivity contribution in [3.05, 3.63) is 113 Å². The van der Waals surface area contributed by atoms with E-state index in [4.69, 9.17) is 14.2 Å². The van der Waals surface area contributed by atoms with Crippen LogP contribution in [0.25, 0.3) is 20.5 Å². The van der Waals surface area contributed by atoms with Crippen molar-refractivity contribution >= 4 is 39.1 Å². The third kappa shape index (κ3) is 10.4. The molecule has 10 heteroatoms. The number of ether oxygens (including phenoxy) is 3. The van der Waals surface area contributed by atoms with Gasteiger partial charge in [-0.2, -0.15) is 0 Å². The molecule has 9 nitrogen and oxygen atoms in total. The Labute approximate surface area is 315 Å². The van der Waals surface area contributed by atoms with Crippen LogP contribution in [0.4, 0.5) is 10.5 Å². The summed E-state index contributed by atoms with van der Waals surface area (Å²) in [5, 5.41) is 16.4. The van der Waals surface area contributed by atoms with E-state index in [9.17, 15) is 14.7 Å². The van der Waals surface area contributed by atoms with E-state index >= 15 is 0 Å². The van der Waals surface area contributed by atoms with Gasteiger partial charge in [-0.15, -0.1) is 11.3 Å². The summed E-state index contributed by atoms with van der Waals surface area (Å²) in [6.45, 7) is 8.50. The molecule has 1 atom stereocenters. The molecule has 6 rings (SSSR count). The van der Waals surface area contributed by atoms with Crippen LogP contribution < -0.4 is 20.1 Å². The molecule has 1 aromatic heterocycles. The summed E-state index contributed by atoms with van der Waals surface area (Å²) in [5.41, 5.74) is 5.65. The maximum atomic E-state index is 12.9. The quantitative estimate of drug-likeness (QED) is 0.105. The number of likely N-dealkylation sites (tertiary alicyclic amines) is 1. The van der Waals surface area contributed by atoms with Crippen LogP contribution in [0.15, 0.2) is 91.0 Å². The minimum absolute atomic E-state index is 0.104. The third-order valence-electron chi connectivity index (χ3n) is 9.14. The number of amides is 2. The van der Waals surface area contributed by atoms with Gasteiger partial charge in [0.25, 0.3) is 0 Å². The Hall–Kier alpha value is -4.90. The second kappa shape index (κ2) is 17.3. The summed E-state index contributed by atoms with van der Waals surface area (Å²) in [6.07, 6.45) is 2.42. The summed E-state index contributed by atoms with van der Waals surface area (Å²) in [5.74, 6) is 1.39. The molecule has 1 aliphatic rings. The molecule has 0 aliphatic carbocycles. The predicted octanol–water partition coefficient (Wildman–Crippen LogP) is 8.56. The van der Waals surface area contributed by atoms with Gasteiger partial charge in [0, 0.05) is 33.8 Å². The first-order valence-electron chi connectivity index (χ1n) is 18.2. The second-order valence-corrected chi connectivity index (χ2v) is 15.6. The number of hydrogen-bond donors (Lipinski definition) is 3. The Kier molecular flexibility index (Phi) is 12.3. The molecule has 1 fully saturated rings. The van der Waals surface area contributed by atoms with Crippen LogP contribution in [-0.2, 0) is 29.1 Å². The number of anilines is 1. The molecule has 0 spiro atoms. The molecule has 5 aromatic rings. The Morgan fingerprint density at radius 3 is 2.38 bits per heavy atom. The van der Waals surface area contributed by atoms with Gasteiger partial charge in [0.1, 0.15) is 23.7 Å². The third-order valence-corrected chi connectivity index (χ3v) is 10.4. The molecule has 1 aliphatic heterocycles.